The van der Waals surface area contributed by atoms with Gasteiger partial charge in [0.05, 0.1) is 7.11 Å². The van der Waals surface area contributed by atoms with Crippen LogP contribution in [0.25, 0.3) is 0 Å². The summed E-state index contributed by atoms with van der Waals surface area (Å²) in [5.74, 6) is -2.22. The lowest BCUT2D eigenvalue weighted by Gasteiger charge is -2.30. The zero-order chi connectivity index (χ0) is 27.9. The molecule has 1 aromatic heterocycles. The molecule has 0 aliphatic heterocycles. The van der Waals surface area contributed by atoms with Crippen LogP contribution in [0.15, 0.2) is 30.5 Å². The molecule has 1 N–H and O–H groups in total. The molecular weight excluding hydrogens is 479 g/mol. The van der Waals surface area contributed by atoms with Gasteiger partial charge in [-0.15, -0.1) is 0 Å². The lowest BCUT2D eigenvalue weighted by Crippen LogP contribution is -2.42. The summed E-state index contributed by atoms with van der Waals surface area (Å²) in [4.78, 5) is 42.2. The summed E-state index contributed by atoms with van der Waals surface area (Å²) in [5, 5.41) is 2.56. The Labute approximate surface area is 217 Å². The fourth-order valence-electron chi connectivity index (χ4n) is 4.19. The van der Waals surface area contributed by atoms with Crippen LogP contribution < -0.4 is 14.8 Å². The number of carbonyl (C=O) groups is 3. The normalized spacial score (nSPS) is 13.6. The van der Waals surface area contributed by atoms with Crippen LogP contribution in [0, 0.1) is 24.6 Å². The highest BCUT2D eigenvalue weighted by Gasteiger charge is 2.30. The van der Waals surface area contributed by atoms with Crippen molar-refractivity contribution in [2.24, 2.45) is 11.8 Å². The Morgan fingerprint density at radius 2 is 1.73 bits per heavy atom. The number of hydrogen-bond acceptors (Lipinski definition) is 7. The largest absolute Gasteiger partial charge is 0.493 e. The van der Waals surface area contributed by atoms with Crippen LogP contribution >= 0.6 is 0 Å². The highest BCUT2D eigenvalue weighted by Crippen LogP contribution is 2.33. The van der Waals surface area contributed by atoms with Crippen LogP contribution in [0.4, 0.5) is 4.39 Å². The van der Waals surface area contributed by atoms with Crippen molar-refractivity contribution in [3.8, 4) is 11.5 Å². The molecule has 37 heavy (non-hydrogen) atoms. The fourth-order valence-corrected chi connectivity index (χ4v) is 4.19. The van der Waals surface area contributed by atoms with Gasteiger partial charge in [0, 0.05) is 24.6 Å². The quantitative estimate of drug-likeness (QED) is 0.420. The first-order valence-corrected chi connectivity index (χ1v) is 12.4. The molecule has 0 aliphatic rings. The predicted molar refractivity (Wildman–Crippen MR) is 137 cm³/mol. The average molecular weight is 517 g/mol. The van der Waals surface area contributed by atoms with Gasteiger partial charge in [-0.05, 0) is 55.9 Å². The zero-order valence-electron chi connectivity index (χ0n) is 22.8. The standard InChI is InChI=1S/C28H37FN2O6/c1-15(2)13-23(32)37-26-22(35-8)11-12-30-25(26)27(33)31-18(6)28(34)36-19(7)24(16(3)4)21-10-9-20(29)14-17(21)5/h9-12,14-16,18-19,24H,13H2,1-8H3,(H,31,33)/t18-,19-,24+/m0/s1. The number of benzene rings is 1. The molecule has 1 aromatic carbocycles. The minimum atomic E-state index is -1.02. The molecule has 0 bridgehead atoms. The molecule has 1 amide bonds. The topological polar surface area (TPSA) is 104 Å². The number of methoxy groups -OCH3 is 1. The van der Waals surface area contributed by atoms with Crippen molar-refractivity contribution in [2.75, 3.05) is 7.11 Å². The molecular formula is C28H37FN2O6. The Bertz CT molecular complexity index is 1120. The Morgan fingerprint density at radius 3 is 2.30 bits per heavy atom. The molecule has 3 atom stereocenters. The van der Waals surface area contributed by atoms with Crippen molar-refractivity contribution in [3.05, 3.63) is 53.1 Å². The Balaban J connectivity index is 2.17. The maximum atomic E-state index is 13.6. The summed E-state index contributed by atoms with van der Waals surface area (Å²) >= 11 is 0. The third kappa shape index (κ3) is 8.00. The number of ether oxygens (including phenoxy) is 3. The number of halogens is 1. The minimum absolute atomic E-state index is 0.0533. The zero-order valence-corrected chi connectivity index (χ0v) is 22.8. The van der Waals surface area contributed by atoms with Crippen molar-refractivity contribution in [1.82, 2.24) is 10.3 Å². The van der Waals surface area contributed by atoms with Gasteiger partial charge in [0.1, 0.15) is 18.0 Å². The van der Waals surface area contributed by atoms with Gasteiger partial charge in [0.15, 0.2) is 11.4 Å². The lowest BCUT2D eigenvalue weighted by molar-refractivity contribution is -0.151. The van der Waals surface area contributed by atoms with Gasteiger partial charge in [0.25, 0.3) is 5.91 Å². The van der Waals surface area contributed by atoms with E-state index < -0.39 is 30.0 Å². The number of nitrogens with zero attached hydrogens (tertiary/aromatic N) is 1. The second kappa shape index (κ2) is 13.2. The number of aryl methyl sites for hydroxylation is 1. The highest BCUT2D eigenvalue weighted by molar-refractivity contribution is 5.98. The van der Waals surface area contributed by atoms with E-state index in [4.69, 9.17) is 14.2 Å². The smallest absolute Gasteiger partial charge is 0.328 e. The number of rotatable bonds is 11. The van der Waals surface area contributed by atoms with Gasteiger partial charge in [-0.3, -0.25) is 9.59 Å². The van der Waals surface area contributed by atoms with Crippen LogP contribution in [0.2, 0.25) is 0 Å². The summed E-state index contributed by atoms with van der Waals surface area (Å²) in [6.45, 7) is 12.8. The molecule has 0 unspecified atom stereocenters. The van der Waals surface area contributed by atoms with Gasteiger partial charge in [-0.1, -0.05) is 33.8 Å². The van der Waals surface area contributed by atoms with Gasteiger partial charge in [-0.2, -0.15) is 0 Å². The summed E-state index contributed by atoms with van der Waals surface area (Å²) < 4.78 is 30.0. The van der Waals surface area contributed by atoms with Gasteiger partial charge >= 0.3 is 11.9 Å². The van der Waals surface area contributed by atoms with Crippen molar-refractivity contribution in [1.29, 1.82) is 0 Å². The van der Waals surface area contributed by atoms with Crippen LogP contribution in [-0.2, 0) is 14.3 Å². The summed E-state index contributed by atoms with van der Waals surface area (Å²) in [6, 6.07) is 5.00. The number of esters is 2. The molecule has 0 saturated heterocycles. The second-order valence-corrected chi connectivity index (χ2v) is 9.87. The van der Waals surface area contributed by atoms with E-state index in [2.05, 4.69) is 10.3 Å². The van der Waals surface area contributed by atoms with E-state index in [1.165, 1.54) is 38.4 Å². The Hall–Kier alpha value is -3.49. The molecule has 202 valence electrons. The van der Waals surface area contributed by atoms with E-state index in [0.717, 1.165) is 11.1 Å². The number of pyridine rings is 1. The van der Waals surface area contributed by atoms with E-state index in [1.807, 2.05) is 34.6 Å². The molecule has 0 radical (unpaired) electrons. The number of amides is 1. The molecule has 2 rings (SSSR count). The second-order valence-electron chi connectivity index (χ2n) is 9.87. The highest BCUT2D eigenvalue weighted by atomic mass is 19.1. The van der Waals surface area contributed by atoms with E-state index in [-0.39, 0.29) is 47.2 Å². The lowest BCUT2D eigenvalue weighted by atomic mass is 9.82. The first-order valence-electron chi connectivity index (χ1n) is 12.4. The number of aromatic nitrogens is 1. The Morgan fingerprint density at radius 1 is 1.05 bits per heavy atom. The van der Waals surface area contributed by atoms with Gasteiger partial charge in [-0.25, -0.2) is 14.2 Å². The molecule has 2 aromatic rings. The fraction of sp³-hybridized carbons (Fsp3) is 0.500. The molecule has 0 fully saturated rings. The number of nitrogens with one attached hydrogen (secondary N) is 1. The summed E-state index contributed by atoms with van der Waals surface area (Å²) in [7, 11) is 1.38. The van der Waals surface area contributed by atoms with Crippen LogP contribution in [0.3, 0.4) is 0 Å². The van der Waals surface area contributed by atoms with Crippen molar-refractivity contribution < 1.29 is 33.0 Å². The molecule has 9 heteroatoms. The molecule has 0 spiro atoms. The monoisotopic (exact) mass is 516 g/mol. The molecule has 1 heterocycles. The van der Waals surface area contributed by atoms with Crippen molar-refractivity contribution in [3.63, 3.8) is 0 Å². The van der Waals surface area contributed by atoms with E-state index in [1.54, 1.807) is 13.0 Å². The summed E-state index contributed by atoms with van der Waals surface area (Å²) in [5.41, 5.74) is 1.47. The third-order valence-electron chi connectivity index (χ3n) is 5.91. The maximum Gasteiger partial charge on any atom is 0.328 e. The average Bonchev–Trinajstić information content (AvgIpc) is 2.79. The maximum absolute atomic E-state index is 13.6. The van der Waals surface area contributed by atoms with E-state index in [9.17, 15) is 18.8 Å². The van der Waals surface area contributed by atoms with E-state index in [0.29, 0.717) is 0 Å². The van der Waals surface area contributed by atoms with Crippen molar-refractivity contribution >= 4 is 17.8 Å². The SMILES string of the molecule is COc1ccnc(C(=O)N[C@@H](C)C(=O)O[C@@H](C)[C@H](c2ccc(F)cc2C)C(C)C)c1OC(=O)CC(C)C. The Kier molecular flexibility index (Phi) is 10.6. The first-order chi connectivity index (χ1) is 17.3. The number of carbonyl (C=O) groups excluding carboxylic acids is 3. The summed E-state index contributed by atoms with van der Waals surface area (Å²) in [6.07, 6.45) is 0.944. The molecule has 0 saturated carbocycles. The minimum Gasteiger partial charge on any atom is -0.493 e. The van der Waals surface area contributed by atoms with E-state index >= 15 is 0 Å². The first kappa shape index (κ1) is 29.7. The molecule has 0 aliphatic carbocycles. The molecule has 8 nitrogen and oxygen atoms in total. The van der Waals surface area contributed by atoms with Crippen LogP contribution in [0.5, 0.6) is 11.5 Å². The van der Waals surface area contributed by atoms with Gasteiger partial charge < -0.3 is 19.5 Å². The van der Waals surface area contributed by atoms with Crippen LogP contribution in [-0.4, -0.2) is 42.1 Å². The predicted octanol–water partition coefficient (Wildman–Crippen LogP) is 4.98. The third-order valence-corrected chi connectivity index (χ3v) is 5.91. The van der Waals surface area contributed by atoms with Crippen molar-refractivity contribution in [2.45, 2.75) is 73.0 Å². The number of hydrogen-bond donors (Lipinski definition) is 1. The van der Waals surface area contributed by atoms with Crippen LogP contribution in [0.1, 0.15) is 75.5 Å². The van der Waals surface area contributed by atoms with Gasteiger partial charge in [0.2, 0.25) is 5.75 Å².